The number of rotatable bonds is 4. The van der Waals surface area contributed by atoms with E-state index in [1.54, 1.807) is 6.26 Å². The molecule has 2 N–H and O–H groups in total. The summed E-state index contributed by atoms with van der Waals surface area (Å²) >= 11 is 0. The molecule has 15 heavy (non-hydrogen) atoms. The summed E-state index contributed by atoms with van der Waals surface area (Å²) in [5.74, 6) is 1.05. The van der Waals surface area contributed by atoms with Crippen LogP contribution in [0.2, 0.25) is 0 Å². The van der Waals surface area contributed by atoms with Gasteiger partial charge in [-0.3, -0.25) is 0 Å². The second-order valence-electron chi connectivity index (χ2n) is 3.25. The maximum absolute atomic E-state index is 5.38. The molecule has 0 spiro atoms. The Bertz CT molecular complexity index is 435. The molecule has 0 saturated heterocycles. The van der Waals surface area contributed by atoms with Gasteiger partial charge in [-0.25, -0.2) is 0 Å². The van der Waals surface area contributed by atoms with Crippen molar-refractivity contribution in [1.82, 2.24) is 15.3 Å². The molecule has 2 rings (SSSR count). The van der Waals surface area contributed by atoms with Crippen LogP contribution in [0, 0.1) is 6.92 Å². The molecule has 0 aliphatic rings. The van der Waals surface area contributed by atoms with Gasteiger partial charge in [0.1, 0.15) is 6.26 Å². The number of aromatic nitrogens is 3. The van der Waals surface area contributed by atoms with Crippen molar-refractivity contribution in [3.05, 3.63) is 17.7 Å². The van der Waals surface area contributed by atoms with Gasteiger partial charge in [-0.2, -0.15) is 4.98 Å². The summed E-state index contributed by atoms with van der Waals surface area (Å²) in [7, 11) is 0. The minimum atomic E-state index is 0.466. The largest absolute Gasteiger partial charge is 0.364 e. The average molecular weight is 208 g/mol. The van der Waals surface area contributed by atoms with E-state index < -0.39 is 0 Å². The van der Waals surface area contributed by atoms with Gasteiger partial charge in [-0.15, -0.1) is 0 Å². The number of nitrogens with zero attached hydrogens (tertiary/aromatic N) is 3. The fourth-order valence-electron chi connectivity index (χ4n) is 1.21. The first-order valence-electron chi connectivity index (χ1n) is 4.75. The second-order valence-corrected chi connectivity index (χ2v) is 3.25. The molecule has 0 atom stereocenters. The van der Waals surface area contributed by atoms with Gasteiger partial charge in [-0.05, 0) is 19.9 Å². The first-order chi connectivity index (χ1) is 7.31. The second kappa shape index (κ2) is 4.22. The fourth-order valence-corrected chi connectivity index (χ4v) is 1.21. The quantitative estimate of drug-likeness (QED) is 0.803. The Hall–Kier alpha value is -1.69. The van der Waals surface area contributed by atoms with Crippen molar-refractivity contribution in [2.75, 3.05) is 6.54 Å². The molecule has 80 valence electrons. The molecule has 0 aliphatic carbocycles. The summed E-state index contributed by atoms with van der Waals surface area (Å²) < 4.78 is 9.85. The Labute approximate surface area is 86.4 Å². The molecular formula is C9H12N4O2. The number of hydrogen-bond acceptors (Lipinski definition) is 6. The SMILES string of the molecule is Cc1conc1-c1noc(CCCN)n1. The molecule has 2 heterocycles. The third kappa shape index (κ3) is 2.04. The normalized spacial score (nSPS) is 10.8. The van der Waals surface area contributed by atoms with E-state index in [1.165, 1.54) is 0 Å². The van der Waals surface area contributed by atoms with E-state index in [-0.39, 0.29) is 0 Å². The first-order valence-corrected chi connectivity index (χ1v) is 4.75. The van der Waals surface area contributed by atoms with Crippen LogP contribution in [0.5, 0.6) is 0 Å². The molecule has 0 unspecified atom stereocenters. The molecule has 2 aromatic rings. The van der Waals surface area contributed by atoms with Gasteiger partial charge < -0.3 is 14.8 Å². The van der Waals surface area contributed by atoms with Crippen LogP contribution in [0.15, 0.2) is 15.3 Å². The zero-order chi connectivity index (χ0) is 10.7. The number of nitrogens with two attached hydrogens (primary N) is 1. The highest BCUT2D eigenvalue weighted by molar-refractivity contribution is 5.51. The van der Waals surface area contributed by atoms with Crippen molar-refractivity contribution in [3.8, 4) is 11.5 Å². The lowest BCUT2D eigenvalue weighted by molar-refractivity contribution is 0.375. The molecule has 0 saturated carbocycles. The molecule has 6 heteroatoms. The predicted molar refractivity (Wildman–Crippen MR) is 51.9 cm³/mol. The van der Waals surface area contributed by atoms with E-state index in [4.69, 9.17) is 14.8 Å². The van der Waals surface area contributed by atoms with Crippen LogP contribution in [-0.2, 0) is 6.42 Å². The summed E-state index contributed by atoms with van der Waals surface area (Å²) in [5, 5.41) is 7.62. The fraction of sp³-hybridized carbons (Fsp3) is 0.444. The van der Waals surface area contributed by atoms with E-state index in [0.29, 0.717) is 30.4 Å². The summed E-state index contributed by atoms with van der Waals surface area (Å²) in [6, 6.07) is 0. The first kappa shape index (κ1) is 9.85. The van der Waals surface area contributed by atoms with Crippen LogP contribution in [-0.4, -0.2) is 21.8 Å². The lowest BCUT2D eigenvalue weighted by Gasteiger charge is -1.88. The zero-order valence-corrected chi connectivity index (χ0v) is 8.43. The summed E-state index contributed by atoms with van der Waals surface area (Å²) in [6.07, 6.45) is 3.07. The Kier molecular flexibility index (Phi) is 2.77. The van der Waals surface area contributed by atoms with Crippen LogP contribution < -0.4 is 5.73 Å². The maximum atomic E-state index is 5.38. The van der Waals surface area contributed by atoms with Crippen LogP contribution in [0.1, 0.15) is 17.9 Å². The van der Waals surface area contributed by atoms with Crippen LogP contribution in [0.25, 0.3) is 11.5 Å². The third-order valence-electron chi connectivity index (χ3n) is 2.02. The molecule has 0 aromatic carbocycles. The van der Waals surface area contributed by atoms with Gasteiger partial charge >= 0.3 is 0 Å². The Morgan fingerprint density at radius 2 is 2.27 bits per heavy atom. The van der Waals surface area contributed by atoms with Crippen molar-refractivity contribution in [2.45, 2.75) is 19.8 Å². The van der Waals surface area contributed by atoms with Gasteiger partial charge in [0.05, 0.1) is 0 Å². The lowest BCUT2D eigenvalue weighted by atomic mass is 10.3. The molecule has 0 bridgehead atoms. The zero-order valence-electron chi connectivity index (χ0n) is 8.43. The van der Waals surface area contributed by atoms with Gasteiger partial charge in [-0.1, -0.05) is 10.3 Å². The molecule has 0 radical (unpaired) electrons. The summed E-state index contributed by atoms with van der Waals surface area (Å²) in [5.41, 5.74) is 6.90. The number of aryl methyl sites for hydroxylation is 2. The molecular weight excluding hydrogens is 196 g/mol. The van der Waals surface area contributed by atoms with Gasteiger partial charge in [0.15, 0.2) is 5.69 Å². The van der Waals surface area contributed by atoms with Gasteiger partial charge in [0.25, 0.3) is 0 Å². The van der Waals surface area contributed by atoms with Crippen molar-refractivity contribution in [2.24, 2.45) is 5.73 Å². The molecule has 0 fully saturated rings. The third-order valence-corrected chi connectivity index (χ3v) is 2.02. The van der Waals surface area contributed by atoms with Gasteiger partial charge in [0.2, 0.25) is 11.7 Å². The smallest absolute Gasteiger partial charge is 0.227 e. The number of hydrogen-bond donors (Lipinski definition) is 1. The highest BCUT2D eigenvalue weighted by Crippen LogP contribution is 2.17. The average Bonchev–Trinajstić information content (AvgIpc) is 2.83. The molecule has 0 amide bonds. The van der Waals surface area contributed by atoms with Crippen molar-refractivity contribution in [1.29, 1.82) is 0 Å². The molecule has 2 aromatic heterocycles. The topological polar surface area (TPSA) is 91.0 Å². The summed E-state index contributed by atoms with van der Waals surface area (Å²) in [4.78, 5) is 4.20. The van der Waals surface area contributed by atoms with E-state index in [2.05, 4.69) is 15.3 Å². The minimum absolute atomic E-state index is 0.466. The van der Waals surface area contributed by atoms with Crippen molar-refractivity contribution in [3.63, 3.8) is 0 Å². The van der Waals surface area contributed by atoms with E-state index >= 15 is 0 Å². The van der Waals surface area contributed by atoms with Crippen LogP contribution in [0.4, 0.5) is 0 Å². The molecule has 0 aliphatic heterocycles. The van der Waals surface area contributed by atoms with Gasteiger partial charge in [0, 0.05) is 12.0 Å². The highest BCUT2D eigenvalue weighted by Gasteiger charge is 2.13. The van der Waals surface area contributed by atoms with E-state index in [1.807, 2.05) is 6.92 Å². The van der Waals surface area contributed by atoms with Crippen LogP contribution >= 0.6 is 0 Å². The van der Waals surface area contributed by atoms with Crippen molar-refractivity contribution >= 4 is 0 Å². The Morgan fingerprint density at radius 1 is 1.40 bits per heavy atom. The van der Waals surface area contributed by atoms with E-state index in [0.717, 1.165) is 12.0 Å². The monoisotopic (exact) mass is 208 g/mol. The van der Waals surface area contributed by atoms with E-state index in [9.17, 15) is 0 Å². The predicted octanol–water partition coefficient (Wildman–Crippen LogP) is 0.924. The lowest BCUT2D eigenvalue weighted by Crippen LogP contribution is -2.00. The molecule has 6 nitrogen and oxygen atoms in total. The summed E-state index contributed by atoms with van der Waals surface area (Å²) in [6.45, 7) is 2.49. The highest BCUT2D eigenvalue weighted by atomic mass is 16.5. The Balaban J connectivity index is 2.17. The minimum Gasteiger partial charge on any atom is -0.364 e. The van der Waals surface area contributed by atoms with Crippen molar-refractivity contribution < 1.29 is 9.05 Å². The van der Waals surface area contributed by atoms with Crippen LogP contribution in [0.3, 0.4) is 0 Å². The maximum Gasteiger partial charge on any atom is 0.227 e. The Morgan fingerprint density at radius 3 is 2.93 bits per heavy atom. The standard InChI is InChI=1S/C9H12N4O2/c1-6-5-14-12-8(6)9-11-7(15-13-9)3-2-4-10/h5H,2-4,10H2,1H3.